The molecule has 2 aromatic carbocycles. The number of H-pyrrole nitrogens is 1. The molecule has 14 nitrogen and oxygen atoms in total. The number of fused-ring (bicyclic) bond motifs is 2. The summed E-state index contributed by atoms with van der Waals surface area (Å²) in [5, 5.41) is 43.3. The van der Waals surface area contributed by atoms with Crippen molar-refractivity contribution < 1.29 is 9.85 Å². The highest BCUT2D eigenvalue weighted by Crippen LogP contribution is 2.41. The minimum absolute atomic E-state index is 0.108. The zero-order valence-electron chi connectivity index (χ0n) is 15.9. The molecule has 1 aliphatic heterocycles. The zero-order valence-corrected chi connectivity index (χ0v) is 15.9. The summed E-state index contributed by atoms with van der Waals surface area (Å²) in [6.07, 6.45) is 0. The first-order valence-corrected chi connectivity index (χ1v) is 9.10. The van der Waals surface area contributed by atoms with Crippen LogP contribution in [0.5, 0.6) is 0 Å². The first kappa shape index (κ1) is 19.0. The first-order chi connectivity index (χ1) is 15.4. The number of nitro benzene ring substituents is 2. The van der Waals surface area contributed by atoms with Crippen molar-refractivity contribution in [3.8, 4) is 11.3 Å². The Kier molecular flexibility index (Phi) is 4.18. The highest BCUT2D eigenvalue weighted by molar-refractivity contribution is 5.76. The van der Waals surface area contributed by atoms with Crippen LogP contribution < -0.4 is 10.9 Å². The molecule has 1 aliphatic rings. The van der Waals surface area contributed by atoms with Gasteiger partial charge in [0.05, 0.1) is 15.5 Å². The van der Waals surface area contributed by atoms with Crippen LogP contribution in [-0.4, -0.2) is 40.3 Å². The third-order valence-electron chi connectivity index (χ3n) is 5.02. The number of rotatable bonds is 4. The van der Waals surface area contributed by atoms with Gasteiger partial charge in [-0.15, -0.1) is 0 Å². The van der Waals surface area contributed by atoms with Crippen LogP contribution in [0.4, 0.5) is 23.0 Å². The van der Waals surface area contributed by atoms with E-state index in [1.165, 1.54) is 47.1 Å². The lowest BCUT2D eigenvalue weighted by Crippen LogP contribution is -2.29. The van der Waals surface area contributed by atoms with Crippen molar-refractivity contribution in [1.29, 1.82) is 0 Å². The van der Waals surface area contributed by atoms with Crippen molar-refractivity contribution >= 4 is 23.0 Å². The summed E-state index contributed by atoms with van der Waals surface area (Å²) < 4.78 is 1.39. The van der Waals surface area contributed by atoms with Gasteiger partial charge in [-0.2, -0.15) is 9.78 Å². The van der Waals surface area contributed by atoms with E-state index < -0.39 is 21.4 Å². The molecular weight excluding hydrogens is 422 g/mol. The smallest absolute Gasteiger partial charge is 0.288 e. The fourth-order valence-electron chi connectivity index (χ4n) is 3.62. The Labute approximate surface area is 176 Å². The maximum atomic E-state index is 12.6. The Morgan fingerprint density at radius 3 is 2.47 bits per heavy atom. The molecule has 0 radical (unpaired) electrons. The monoisotopic (exact) mass is 433 g/mol. The number of tetrazole rings is 1. The summed E-state index contributed by atoms with van der Waals surface area (Å²) >= 11 is 0. The van der Waals surface area contributed by atoms with E-state index in [1.807, 2.05) is 0 Å². The summed E-state index contributed by atoms with van der Waals surface area (Å²) in [6.45, 7) is 0. The molecule has 3 heterocycles. The number of aromatic nitrogens is 6. The van der Waals surface area contributed by atoms with Crippen LogP contribution in [0.15, 0.2) is 53.3 Å². The van der Waals surface area contributed by atoms with Crippen molar-refractivity contribution in [3.63, 3.8) is 0 Å². The van der Waals surface area contributed by atoms with Gasteiger partial charge in [0.2, 0.25) is 5.95 Å². The molecule has 2 aromatic heterocycles. The van der Waals surface area contributed by atoms with Gasteiger partial charge in [-0.3, -0.25) is 25.0 Å². The number of nitro groups is 2. The van der Waals surface area contributed by atoms with E-state index in [9.17, 15) is 25.0 Å². The second-order valence-corrected chi connectivity index (χ2v) is 6.82. The van der Waals surface area contributed by atoms with Gasteiger partial charge < -0.3 is 5.32 Å². The molecule has 0 unspecified atom stereocenters. The molecule has 0 fully saturated rings. The Bertz CT molecular complexity index is 1440. The molecule has 0 saturated heterocycles. The van der Waals surface area contributed by atoms with Crippen LogP contribution in [0, 0.1) is 20.2 Å². The van der Waals surface area contributed by atoms with Crippen molar-refractivity contribution in [1.82, 2.24) is 30.4 Å². The fourth-order valence-corrected chi connectivity index (χ4v) is 3.62. The van der Waals surface area contributed by atoms with Gasteiger partial charge in [-0.05, 0) is 28.1 Å². The lowest BCUT2D eigenvalue weighted by Gasteiger charge is -2.27. The first-order valence-electron chi connectivity index (χ1n) is 9.10. The van der Waals surface area contributed by atoms with Crippen LogP contribution >= 0.6 is 0 Å². The minimum Gasteiger partial charge on any atom is -0.318 e. The lowest BCUT2D eigenvalue weighted by molar-refractivity contribution is -0.385. The topological polar surface area (TPSA) is 188 Å². The van der Waals surface area contributed by atoms with E-state index in [2.05, 4.69) is 31.0 Å². The Morgan fingerprint density at radius 1 is 1.00 bits per heavy atom. The molecule has 1 atom stereocenters. The molecular formula is C18H11N9O5. The van der Waals surface area contributed by atoms with Crippen molar-refractivity contribution in [3.05, 3.63) is 90.2 Å². The number of hydrogen-bond acceptors (Lipinski definition) is 10. The van der Waals surface area contributed by atoms with Gasteiger partial charge in [0.1, 0.15) is 11.7 Å². The Morgan fingerprint density at radius 2 is 1.75 bits per heavy atom. The van der Waals surface area contributed by atoms with E-state index in [0.717, 1.165) is 0 Å². The maximum absolute atomic E-state index is 12.6. The van der Waals surface area contributed by atoms with Crippen molar-refractivity contribution in [2.45, 2.75) is 6.04 Å². The predicted molar refractivity (Wildman–Crippen MR) is 108 cm³/mol. The fraction of sp³-hybridized carbons (Fsp3) is 0.0556. The molecule has 0 amide bonds. The van der Waals surface area contributed by atoms with Crippen LogP contribution in [0.3, 0.4) is 0 Å². The van der Waals surface area contributed by atoms with Gasteiger partial charge in [0, 0.05) is 35.4 Å². The van der Waals surface area contributed by atoms with Gasteiger partial charge >= 0.3 is 0 Å². The molecule has 0 saturated carbocycles. The summed E-state index contributed by atoms with van der Waals surface area (Å²) in [5.41, 5.74) is 0.919. The number of aromatic amines is 1. The minimum atomic E-state index is -0.823. The maximum Gasteiger partial charge on any atom is 0.288 e. The van der Waals surface area contributed by atoms with Gasteiger partial charge in [0.25, 0.3) is 16.9 Å². The Hall–Kier alpha value is -5.01. The number of anilines is 2. The molecule has 5 rings (SSSR count). The Balaban J connectivity index is 1.77. The van der Waals surface area contributed by atoms with Gasteiger partial charge in [-0.25, -0.2) is 5.10 Å². The number of benzene rings is 2. The van der Waals surface area contributed by atoms with E-state index >= 15 is 0 Å². The predicted octanol–water partition coefficient (Wildman–Crippen LogP) is 1.93. The molecule has 0 bridgehead atoms. The van der Waals surface area contributed by atoms with E-state index in [1.54, 1.807) is 6.07 Å². The molecule has 0 aliphatic carbocycles. The third-order valence-corrected chi connectivity index (χ3v) is 5.02. The standard InChI is InChI=1S/C18H11N9O5/c28-17-15-13(14(20-21-17)9-4-6-11(7-5-9)26(29)30)16(25-18(19-15)22-23-24-25)10-2-1-3-12(8-10)27(31)32/h1-8,16H,(H,21,28)(H,19,22,24)/t16-/m1/s1. The molecule has 14 heteroatoms. The lowest BCUT2D eigenvalue weighted by atomic mass is 9.92. The van der Waals surface area contributed by atoms with Crippen molar-refractivity contribution in [2.24, 2.45) is 0 Å². The number of nitrogens with zero attached hydrogens (tertiary/aromatic N) is 7. The highest BCUT2D eigenvalue weighted by atomic mass is 16.6. The molecule has 2 N–H and O–H groups in total. The van der Waals surface area contributed by atoms with Crippen LogP contribution in [0.2, 0.25) is 0 Å². The van der Waals surface area contributed by atoms with E-state index in [4.69, 9.17) is 0 Å². The molecule has 4 aromatic rings. The van der Waals surface area contributed by atoms with E-state index in [-0.39, 0.29) is 23.0 Å². The van der Waals surface area contributed by atoms with Crippen molar-refractivity contribution in [2.75, 3.05) is 5.32 Å². The summed E-state index contributed by atoms with van der Waals surface area (Å²) in [7, 11) is 0. The number of nitrogens with one attached hydrogen (secondary N) is 2. The normalized spacial score (nSPS) is 14.2. The average molecular weight is 433 g/mol. The summed E-state index contributed by atoms with van der Waals surface area (Å²) in [6, 6.07) is 10.7. The number of hydrogen-bond donors (Lipinski definition) is 2. The third kappa shape index (κ3) is 2.94. The average Bonchev–Trinajstić information content (AvgIpc) is 3.26. The van der Waals surface area contributed by atoms with E-state index in [0.29, 0.717) is 22.4 Å². The molecule has 158 valence electrons. The quantitative estimate of drug-likeness (QED) is 0.313. The van der Waals surface area contributed by atoms with Gasteiger partial charge in [0.15, 0.2) is 0 Å². The summed E-state index contributed by atoms with van der Waals surface area (Å²) in [4.78, 5) is 33.9. The second-order valence-electron chi connectivity index (χ2n) is 6.82. The highest BCUT2D eigenvalue weighted by Gasteiger charge is 2.35. The van der Waals surface area contributed by atoms with Crippen LogP contribution in [0.25, 0.3) is 11.3 Å². The molecule has 32 heavy (non-hydrogen) atoms. The summed E-state index contributed by atoms with van der Waals surface area (Å²) in [5.74, 6) is 0.167. The number of non-ortho nitro benzene ring substituents is 2. The van der Waals surface area contributed by atoms with Crippen LogP contribution in [-0.2, 0) is 0 Å². The molecule has 0 spiro atoms. The van der Waals surface area contributed by atoms with Gasteiger partial charge in [-0.1, -0.05) is 17.2 Å². The second kappa shape index (κ2) is 7.05. The van der Waals surface area contributed by atoms with Crippen LogP contribution in [0.1, 0.15) is 17.2 Å². The zero-order chi connectivity index (χ0) is 22.4. The SMILES string of the molecule is O=c1[nH]nc(-c2ccc([N+](=O)[O-])cc2)c2c1Nc1nnnn1[C@@H]2c1cccc([N+](=O)[O-])c1. The largest absolute Gasteiger partial charge is 0.318 e.